The van der Waals surface area contributed by atoms with Crippen molar-refractivity contribution in [1.29, 1.82) is 0 Å². The monoisotopic (exact) mass is 387 g/mol. The number of carbonyl (C=O) groups excluding carboxylic acids is 1. The van der Waals surface area contributed by atoms with Crippen LogP contribution in [0.1, 0.15) is 23.2 Å². The van der Waals surface area contributed by atoms with Gasteiger partial charge in [-0.05, 0) is 49.7 Å². The van der Waals surface area contributed by atoms with Gasteiger partial charge in [0.15, 0.2) is 0 Å². The number of rotatable bonds is 3. The van der Waals surface area contributed by atoms with Crippen molar-refractivity contribution in [3.8, 4) is 11.1 Å². The van der Waals surface area contributed by atoms with Gasteiger partial charge in [-0.25, -0.2) is 0 Å². The summed E-state index contributed by atoms with van der Waals surface area (Å²) in [5.74, 6) is -0.0600. The number of nitrogens with zero attached hydrogens (tertiary/aromatic N) is 1. The molecule has 0 bridgehead atoms. The first-order chi connectivity index (χ1) is 10.7. The molecular weight excluding hydrogens is 369 g/mol. The van der Waals surface area contributed by atoms with Crippen molar-refractivity contribution >= 4 is 42.3 Å². The minimum atomic E-state index is -0.0600. The van der Waals surface area contributed by atoms with Crippen LogP contribution < -0.4 is 10.6 Å². The number of hydrogen-bond donors (Lipinski definition) is 2. The van der Waals surface area contributed by atoms with Gasteiger partial charge in [-0.2, -0.15) is 0 Å². The Morgan fingerprint density at radius 1 is 1.08 bits per heavy atom. The first-order valence-corrected chi connectivity index (χ1v) is 7.83. The van der Waals surface area contributed by atoms with Crippen molar-refractivity contribution in [2.75, 3.05) is 13.1 Å². The summed E-state index contributed by atoms with van der Waals surface area (Å²) in [4.78, 5) is 16.5. The summed E-state index contributed by atoms with van der Waals surface area (Å²) in [6.45, 7) is 1.90. The zero-order valence-corrected chi connectivity index (χ0v) is 15.4. The van der Waals surface area contributed by atoms with Gasteiger partial charge in [-0.15, -0.1) is 24.8 Å². The Morgan fingerprint density at radius 3 is 2.42 bits per heavy atom. The molecule has 1 amide bonds. The summed E-state index contributed by atoms with van der Waals surface area (Å²) in [6.07, 6.45) is 5.30. The molecule has 0 aliphatic carbocycles. The number of nitrogens with one attached hydrogen (secondary N) is 2. The Kier molecular flexibility index (Phi) is 8.50. The Labute approximate surface area is 159 Å². The smallest absolute Gasteiger partial charge is 0.253 e. The molecule has 3 rings (SSSR count). The van der Waals surface area contributed by atoms with Crippen LogP contribution in [0.5, 0.6) is 0 Å². The summed E-state index contributed by atoms with van der Waals surface area (Å²) < 4.78 is 0. The number of halogens is 3. The fourth-order valence-corrected chi connectivity index (χ4v) is 2.73. The highest BCUT2D eigenvalue weighted by Crippen LogP contribution is 2.21. The summed E-state index contributed by atoms with van der Waals surface area (Å²) >= 11 is 5.90. The van der Waals surface area contributed by atoms with E-state index in [9.17, 15) is 4.79 Å². The SMILES string of the molecule is Cl.Cl.O=C(NC1CCNCC1)c1cncc(-c2ccc(Cl)cc2)c1. The zero-order valence-electron chi connectivity index (χ0n) is 13.0. The minimum absolute atomic E-state index is 0. The van der Waals surface area contributed by atoms with Crippen LogP contribution in [-0.2, 0) is 0 Å². The van der Waals surface area contributed by atoms with E-state index in [0.29, 0.717) is 10.6 Å². The number of pyridine rings is 1. The van der Waals surface area contributed by atoms with Crippen LogP contribution >= 0.6 is 36.4 Å². The quantitative estimate of drug-likeness (QED) is 0.842. The van der Waals surface area contributed by atoms with Crippen molar-refractivity contribution in [3.63, 3.8) is 0 Å². The van der Waals surface area contributed by atoms with Gasteiger partial charge in [0.05, 0.1) is 5.56 Å². The van der Waals surface area contributed by atoms with Crippen LogP contribution in [0.25, 0.3) is 11.1 Å². The third-order valence-electron chi connectivity index (χ3n) is 3.85. The highest BCUT2D eigenvalue weighted by atomic mass is 35.5. The molecule has 0 radical (unpaired) electrons. The molecule has 2 N–H and O–H groups in total. The second-order valence-corrected chi connectivity index (χ2v) is 5.90. The first-order valence-electron chi connectivity index (χ1n) is 7.45. The third kappa shape index (κ3) is 5.35. The lowest BCUT2D eigenvalue weighted by atomic mass is 10.0. The van der Waals surface area contributed by atoms with Gasteiger partial charge < -0.3 is 10.6 Å². The molecule has 0 spiro atoms. The summed E-state index contributed by atoms with van der Waals surface area (Å²) in [6, 6.07) is 9.62. The van der Waals surface area contributed by atoms with Crippen LogP contribution in [0, 0.1) is 0 Å². The molecule has 4 nitrogen and oxygen atoms in total. The molecule has 1 aliphatic heterocycles. The molecular formula is C17H20Cl3N3O. The fraction of sp³-hybridized carbons (Fsp3) is 0.294. The zero-order chi connectivity index (χ0) is 15.4. The van der Waals surface area contributed by atoms with E-state index in [1.807, 2.05) is 30.3 Å². The van der Waals surface area contributed by atoms with Crippen molar-refractivity contribution < 1.29 is 4.79 Å². The standard InChI is InChI=1S/C17H18ClN3O.2ClH/c18-15-3-1-12(2-4-15)13-9-14(11-20-10-13)17(22)21-16-5-7-19-8-6-16;;/h1-4,9-11,16,19H,5-8H2,(H,21,22);2*1H. The summed E-state index contributed by atoms with van der Waals surface area (Å²) in [5.41, 5.74) is 2.49. The molecule has 2 heterocycles. The maximum atomic E-state index is 12.4. The average molecular weight is 389 g/mol. The molecule has 1 saturated heterocycles. The lowest BCUT2D eigenvalue weighted by molar-refractivity contribution is 0.0929. The number of amides is 1. The number of aromatic nitrogens is 1. The van der Waals surface area contributed by atoms with Crippen molar-refractivity contribution in [3.05, 3.63) is 53.3 Å². The molecule has 1 fully saturated rings. The lowest BCUT2D eigenvalue weighted by Crippen LogP contribution is -2.42. The first kappa shape index (κ1) is 20.7. The minimum Gasteiger partial charge on any atom is -0.349 e. The molecule has 24 heavy (non-hydrogen) atoms. The van der Waals surface area contributed by atoms with Gasteiger partial charge in [-0.3, -0.25) is 9.78 Å². The largest absolute Gasteiger partial charge is 0.349 e. The summed E-state index contributed by atoms with van der Waals surface area (Å²) in [5, 5.41) is 7.06. The Bertz CT molecular complexity index is 658. The van der Waals surface area contributed by atoms with E-state index < -0.39 is 0 Å². The molecule has 0 saturated carbocycles. The highest BCUT2D eigenvalue weighted by molar-refractivity contribution is 6.30. The van der Waals surface area contributed by atoms with Gasteiger partial charge in [0.25, 0.3) is 5.91 Å². The van der Waals surface area contributed by atoms with E-state index in [-0.39, 0.29) is 36.8 Å². The highest BCUT2D eigenvalue weighted by Gasteiger charge is 2.16. The third-order valence-corrected chi connectivity index (χ3v) is 4.10. The molecule has 1 aromatic heterocycles. The van der Waals surface area contributed by atoms with Crippen molar-refractivity contribution in [1.82, 2.24) is 15.6 Å². The van der Waals surface area contributed by atoms with Crippen LogP contribution in [0.2, 0.25) is 5.02 Å². The maximum Gasteiger partial charge on any atom is 0.253 e. The molecule has 1 aromatic carbocycles. The molecule has 1 aliphatic rings. The van der Waals surface area contributed by atoms with Gasteiger partial charge >= 0.3 is 0 Å². The molecule has 130 valence electrons. The average Bonchev–Trinajstić information content (AvgIpc) is 2.56. The Balaban J connectivity index is 0.00000144. The van der Waals surface area contributed by atoms with Crippen LogP contribution in [0.15, 0.2) is 42.7 Å². The van der Waals surface area contributed by atoms with E-state index in [2.05, 4.69) is 15.6 Å². The van der Waals surface area contributed by atoms with Gasteiger partial charge in [0.2, 0.25) is 0 Å². The van der Waals surface area contributed by atoms with Gasteiger partial charge in [-0.1, -0.05) is 23.7 Å². The Morgan fingerprint density at radius 2 is 1.75 bits per heavy atom. The number of carbonyl (C=O) groups is 1. The number of piperidine rings is 1. The fourth-order valence-electron chi connectivity index (χ4n) is 2.60. The predicted octanol–water partition coefficient (Wildman–Crippen LogP) is 3.73. The van der Waals surface area contributed by atoms with Gasteiger partial charge in [0, 0.05) is 29.0 Å². The molecule has 2 aromatic rings. The normalized spacial score (nSPS) is 14.2. The van der Waals surface area contributed by atoms with E-state index in [1.54, 1.807) is 12.4 Å². The molecule has 0 atom stereocenters. The number of hydrogen-bond acceptors (Lipinski definition) is 3. The predicted molar refractivity (Wildman–Crippen MR) is 103 cm³/mol. The van der Waals surface area contributed by atoms with Crippen molar-refractivity contribution in [2.24, 2.45) is 0 Å². The van der Waals surface area contributed by atoms with E-state index in [4.69, 9.17) is 11.6 Å². The second-order valence-electron chi connectivity index (χ2n) is 5.47. The van der Waals surface area contributed by atoms with Crippen LogP contribution in [0.4, 0.5) is 0 Å². The maximum absolute atomic E-state index is 12.4. The van der Waals surface area contributed by atoms with E-state index in [1.165, 1.54) is 0 Å². The van der Waals surface area contributed by atoms with E-state index in [0.717, 1.165) is 37.1 Å². The Hall–Kier alpha value is -1.33. The van der Waals surface area contributed by atoms with Crippen molar-refractivity contribution in [2.45, 2.75) is 18.9 Å². The lowest BCUT2D eigenvalue weighted by Gasteiger charge is -2.23. The van der Waals surface area contributed by atoms with E-state index >= 15 is 0 Å². The molecule has 7 heteroatoms. The topological polar surface area (TPSA) is 54.0 Å². The van der Waals surface area contributed by atoms with Crippen LogP contribution in [0.3, 0.4) is 0 Å². The van der Waals surface area contributed by atoms with Gasteiger partial charge in [0.1, 0.15) is 0 Å². The summed E-state index contributed by atoms with van der Waals surface area (Å²) in [7, 11) is 0. The molecule has 0 unspecified atom stereocenters. The number of benzene rings is 1. The van der Waals surface area contributed by atoms with Crippen LogP contribution in [-0.4, -0.2) is 30.0 Å². The second kappa shape index (κ2) is 9.84.